The largest absolute Gasteiger partial charge is 0.497 e. The first kappa shape index (κ1) is 24.4. The number of nitrogens with one attached hydrogen (secondary N) is 1. The summed E-state index contributed by atoms with van der Waals surface area (Å²) in [7, 11) is 3.08. The van der Waals surface area contributed by atoms with Crippen molar-refractivity contribution in [3.05, 3.63) is 77.6 Å². The molecule has 0 saturated carbocycles. The van der Waals surface area contributed by atoms with E-state index in [0.717, 1.165) is 17.1 Å². The highest BCUT2D eigenvalue weighted by Gasteiger charge is 2.20. The molecule has 2 heterocycles. The first-order valence-corrected chi connectivity index (χ1v) is 11.2. The van der Waals surface area contributed by atoms with Crippen LogP contribution in [0.15, 0.2) is 65.1 Å². The lowest BCUT2D eigenvalue weighted by Gasteiger charge is -2.16. The molecule has 0 atom stereocenters. The lowest BCUT2D eigenvalue weighted by Crippen LogP contribution is -2.06. The van der Waals surface area contributed by atoms with Gasteiger partial charge in [-0.25, -0.2) is 4.98 Å². The van der Waals surface area contributed by atoms with Gasteiger partial charge in [-0.3, -0.25) is 4.79 Å². The van der Waals surface area contributed by atoms with Crippen LogP contribution in [0.5, 0.6) is 17.4 Å². The molecule has 8 heteroatoms. The molecule has 0 bridgehead atoms. The first-order valence-electron chi connectivity index (χ1n) is 11.2. The van der Waals surface area contributed by atoms with Crippen molar-refractivity contribution >= 4 is 11.6 Å². The monoisotopic (exact) mass is 483 g/mol. The van der Waals surface area contributed by atoms with E-state index in [4.69, 9.17) is 18.6 Å². The first-order chi connectivity index (χ1) is 17.4. The van der Waals surface area contributed by atoms with Crippen molar-refractivity contribution in [3.63, 3.8) is 0 Å². The zero-order valence-corrected chi connectivity index (χ0v) is 20.4. The van der Waals surface area contributed by atoms with Crippen LogP contribution in [0.2, 0.25) is 0 Å². The van der Waals surface area contributed by atoms with Crippen LogP contribution in [0.3, 0.4) is 0 Å². The Morgan fingerprint density at radius 3 is 2.42 bits per heavy atom. The number of methoxy groups -OCH3 is 2. The lowest BCUT2D eigenvalue weighted by molar-refractivity contribution is -0.114. The number of aryl methyl sites for hydroxylation is 1. The van der Waals surface area contributed by atoms with Crippen LogP contribution in [0, 0.1) is 18.3 Å². The number of pyridine rings is 1. The second-order valence-electron chi connectivity index (χ2n) is 7.99. The fraction of sp³-hybridized carbons (Fsp3) is 0.179. The molecule has 1 amide bonds. The number of aromatic nitrogens is 1. The number of benzene rings is 2. The van der Waals surface area contributed by atoms with Gasteiger partial charge in [-0.05, 0) is 55.0 Å². The summed E-state index contributed by atoms with van der Waals surface area (Å²) < 4.78 is 22.7. The highest BCUT2D eigenvalue weighted by molar-refractivity contribution is 5.90. The molecule has 0 fully saturated rings. The molecule has 0 saturated heterocycles. The molecule has 36 heavy (non-hydrogen) atoms. The van der Waals surface area contributed by atoms with E-state index in [2.05, 4.69) is 16.4 Å². The number of hydrogen-bond donors (Lipinski definition) is 1. The Hall–Kier alpha value is -4.77. The maximum absolute atomic E-state index is 11.6. The summed E-state index contributed by atoms with van der Waals surface area (Å²) in [5, 5.41) is 12.6. The quantitative estimate of drug-likeness (QED) is 0.340. The summed E-state index contributed by atoms with van der Waals surface area (Å²) in [5.74, 6) is 2.47. The SMILES string of the molecule is COc1ccc(COc2cc(NC(C)=O)ccc2-c2cc(-c3ccc(C)o3)c(C#N)c(OC)n2)cc1. The summed E-state index contributed by atoms with van der Waals surface area (Å²) in [5.41, 5.74) is 3.52. The van der Waals surface area contributed by atoms with Crippen molar-refractivity contribution in [1.82, 2.24) is 4.98 Å². The number of hydrogen-bond acceptors (Lipinski definition) is 7. The zero-order valence-electron chi connectivity index (χ0n) is 20.4. The molecule has 2 aromatic carbocycles. The average Bonchev–Trinajstić information content (AvgIpc) is 3.32. The molecule has 0 aliphatic rings. The normalized spacial score (nSPS) is 10.4. The van der Waals surface area contributed by atoms with E-state index >= 15 is 0 Å². The Morgan fingerprint density at radius 1 is 1.03 bits per heavy atom. The number of carbonyl (C=O) groups is 1. The van der Waals surface area contributed by atoms with Gasteiger partial charge in [0.05, 0.1) is 19.9 Å². The average molecular weight is 484 g/mol. The van der Waals surface area contributed by atoms with Crippen molar-refractivity contribution in [2.75, 3.05) is 19.5 Å². The van der Waals surface area contributed by atoms with Gasteiger partial charge in [0.2, 0.25) is 11.8 Å². The number of ether oxygens (including phenoxy) is 3. The Bertz CT molecular complexity index is 1430. The topological polar surface area (TPSA) is 107 Å². The smallest absolute Gasteiger partial charge is 0.232 e. The third-order valence-electron chi connectivity index (χ3n) is 5.43. The minimum absolute atomic E-state index is 0.172. The predicted molar refractivity (Wildman–Crippen MR) is 135 cm³/mol. The number of anilines is 1. The van der Waals surface area contributed by atoms with Crippen LogP contribution in [-0.4, -0.2) is 25.1 Å². The van der Waals surface area contributed by atoms with Crippen LogP contribution in [0.4, 0.5) is 5.69 Å². The number of carbonyl (C=O) groups excluding carboxylic acids is 1. The molecule has 182 valence electrons. The van der Waals surface area contributed by atoms with E-state index in [0.29, 0.717) is 34.0 Å². The van der Waals surface area contributed by atoms with E-state index in [1.807, 2.05) is 37.3 Å². The summed E-state index contributed by atoms with van der Waals surface area (Å²) in [6.07, 6.45) is 0. The van der Waals surface area contributed by atoms with Crippen molar-refractivity contribution in [2.45, 2.75) is 20.5 Å². The Balaban J connectivity index is 1.80. The molecule has 0 aliphatic heterocycles. The Morgan fingerprint density at radius 2 is 1.81 bits per heavy atom. The fourth-order valence-electron chi connectivity index (χ4n) is 3.71. The summed E-state index contributed by atoms with van der Waals surface area (Å²) in [6.45, 7) is 3.55. The van der Waals surface area contributed by atoms with Crippen LogP contribution in [0.25, 0.3) is 22.6 Å². The molecular weight excluding hydrogens is 458 g/mol. The molecule has 0 spiro atoms. The zero-order chi connectivity index (χ0) is 25.7. The van der Waals surface area contributed by atoms with Crippen LogP contribution in [0.1, 0.15) is 23.8 Å². The molecule has 1 N–H and O–H groups in total. The van der Waals surface area contributed by atoms with Gasteiger partial charge in [0.1, 0.15) is 41.3 Å². The third-order valence-corrected chi connectivity index (χ3v) is 5.43. The van der Waals surface area contributed by atoms with Crippen LogP contribution < -0.4 is 19.5 Å². The predicted octanol–water partition coefficient (Wildman–Crippen LogP) is 5.74. The van der Waals surface area contributed by atoms with E-state index in [1.54, 1.807) is 37.4 Å². The van der Waals surface area contributed by atoms with Gasteiger partial charge in [-0.2, -0.15) is 5.26 Å². The van der Waals surface area contributed by atoms with Crippen molar-refractivity contribution in [3.8, 4) is 46.0 Å². The number of nitrogens with zero attached hydrogens (tertiary/aromatic N) is 2. The van der Waals surface area contributed by atoms with Crippen LogP contribution >= 0.6 is 0 Å². The van der Waals surface area contributed by atoms with Gasteiger partial charge in [0.25, 0.3) is 0 Å². The molecule has 0 unspecified atom stereocenters. The maximum atomic E-state index is 11.6. The van der Waals surface area contributed by atoms with E-state index in [-0.39, 0.29) is 24.0 Å². The minimum atomic E-state index is -0.197. The van der Waals surface area contributed by atoms with Gasteiger partial charge in [0.15, 0.2) is 0 Å². The number of amides is 1. The van der Waals surface area contributed by atoms with E-state index in [9.17, 15) is 10.1 Å². The molecule has 4 aromatic rings. The summed E-state index contributed by atoms with van der Waals surface area (Å²) in [4.78, 5) is 16.2. The van der Waals surface area contributed by atoms with Crippen molar-refractivity contribution in [2.24, 2.45) is 0 Å². The van der Waals surface area contributed by atoms with Crippen LogP contribution in [-0.2, 0) is 11.4 Å². The Kier molecular flexibility index (Phi) is 7.21. The van der Waals surface area contributed by atoms with Gasteiger partial charge in [0, 0.05) is 29.8 Å². The molecule has 4 rings (SSSR count). The van der Waals surface area contributed by atoms with Gasteiger partial charge in [-0.1, -0.05) is 12.1 Å². The highest BCUT2D eigenvalue weighted by atomic mass is 16.5. The molecule has 8 nitrogen and oxygen atoms in total. The van der Waals surface area contributed by atoms with Crippen molar-refractivity contribution < 1.29 is 23.4 Å². The Labute approximate surface area is 209 Å². The third kappa shape index (κ3) is 5.31. The van der Waals surface area contributed by atoms with Crippen molar-refractivity contribution in [1.29, 1.82) is 5.26 Å². The highest BCUT2D eigenvalue weighted by Crippen LogP contribution is 2.38. The standard InChI is InChI=1S/C28H25N3O5/c1-17-5-12-26(36-17)23-14-25(31-28(34-4)24(23)15-29)22-11-8-20(30-18(2)32)13-27(22)35-16-19-6-9-21(33-3)10-7-19/h5-14H,16H2,1-4H3,(H,30,32). The maximum Gasteiger partial charge on any atom is 0.232 e. The van der Waals surface area contributed by atoms with Gasteiger partial charge in [-0.15, -0.1) is 0 Å². The van der Waals surface area contributed by atoms with E-state index < -0.39 is 0 Å². The molecule has 2 aromatic heterocycles. The summed E-state index contributed by atoms with van der Waals surface area (Å²) in [6, 6.07) is 20.4. The summed E-state index contributed by atoms with van der Waals surface area (Å²) >= 11 is 0. The molecular formula is C28H25N3O5. The number of furan rings is 1. The lowest BCUT2D eigenvalue weighted by atomic mass is 10.0. The van der Waals surface area contributed by atoms with Gasteiger partial charge >= 0.3 is 0 Å². The van der Waals surface area contributed by atoms with E-state index in [1.165, 1.54) is 14.0 Å². The number of nitriles is 1. The molecule has 0 aliphatic carbocycles. The second kappa shape index (κ2) is 10.7. The number of rotatable bonds is 8. The van der Waals surface area contributed by atoms with Gasteiger partial charge < -0.3 is 23.9 Å². The molecule has 0 radical (unpaired) electrons. The minimum Gasteiger partial charge on any atom is -0.497 e. The fourth-order valence-corrected chi connectivity index (χ4v) is 3.71. The second-order valence-corrected chi connectivity index (χ2v) is 7.99.